The smallest absolute Gasteiger partial charge is 0.260 e. The molecule has 30 heavy (non-hydrogen) atoms. The Bertz CT molecular complexity index is 889. The third kappa shape index (κ3) is 3.97. The van der Waals surface area contributed by atoms with Gasteiger partial charge in [-0.25, -0.2) is 0 Å². The zero-order chi connectivity index (χ0) is 20.5. The van der Waals surface area contributed by atoms with Crippen LogP contribution in [-0.4, -0.2) is 41.8 Å². The van der Waals surface area contributed by atoms with Gasteiger partial charge in [-0.05, 0) is 62.4 Å². The molecule has 3 unspecified atom stereocenters. The molecule has 2 aromatic rings. The summed E-state index contributed by atoms with van der Waals surface area (Å²) >= 11 is 0. The fourth-order valence-electron chi connectivity index (χ4n) is 4.98. The maximum Gasteiger partial charge on any atom is 0.260 e. The Hall–Kier alpha value is -2.73. The van der Waals surface area contributed by atoms with E-state index in [1.807, 2.05) is 43.3 Å². The van der Waals surface area contributed by atoms with E-state index in [0.29, 0.717) is 18.9 Å². The highest BCUT2D eigenvalue weighted by molar-refractivity contribution is 5.81. The number of hydrogen-bond acceptors (Lipinski definition) is 5. The largest absolute Gasteiger partial charge is 0.481 e. The molecule has 3 heterocycles. The van der Waals surface area contributed by atoms with Gasteiger partial charge in [0, 0.05) is 24.7 Å². The van der Waals surface area contributed by atoms with Crippen molar-refractivity contribution in [1.82, 2.24) is 10.2 Å². The number of carbonyl (C=O) groups is 1. The van der Waals surface area contributed by atoms with E-state index < -0.39 is 6.10 Å². The molecule has 1 N–H and O–H groups in total. The van der Waals surface area contributed by atoms with Crippen molar-refractivity contribution in [3.8, 4) is 17.2 Å². The summed E-state index contributed by atoms with van der Waals surface area (Å²) in [5.41, 5.74) is 1.25. The number of nitrogens with zero attached hydrogens (tertiary/aromatic N) is 1. The van der Waals surface area contributed by atoms with Crippen molar-refractivity contribution < 1.29 is 19.0 Å². The second kappa shape index (κ2) is 8.19. The molecule has 2 bridgehead atoms. The first kappa shape index (κ1) is 19.2. The highest BCUT2D eigenvalue weighted by Gasteiger charge is 2.41. The van der Waals surface area contributed by atoms with Crippen molar-refractivity contribution in [3.63, 3.8) is 0 Å². The van der Waals surface area contributed by atoms with Crippen molar-refractivity contribution in [2.24, 2.45) is 0 Å². The minimum Gasteiger partial charge on any atom is -0.481 e. The standard InChI is InChI=1S/C24H28N2O4/c1-16(30-21-5-3-2-4-6-21)24(27)25-18-12-19-8-9-20(13-18)26(19)14-17-7-10-22-23(11-17)29-15-28-22/h2-7,10-11,16,18-20H,8-9,12-15H2,1H3,(H,25,27). The average molecular weight is 408 g/mol. The van der Waals surface area contributed by atoms with E-state index >= 15 is 0 Å². The third-order valence-electron chi connectivity index (χ3n) is 6.46. The number of piperidine rings is 1. The van der Waals surface area contributed by atoms with E-state index in [9.17, 15) is 4.79 Å². The van der Waals surface area contributed by atoms with Crippen molar-refractivity contribution in [3.05, 3.63) is 54.1 Å². The second-order valence-corrected chi connectivity index (χ2v) is 8.49. The number of nitrogens with one attached hydrogen (secondary N) is 1. The first-order valence-corrected chi connectivity index (χ1v) is 10.8. The van der Waals surface area contributed by atoms with Crippen molar-refractivity contribution >= 4 is 5.91 Å². The summed E-state index contributed by atoms with van der Waals surface area (Å²) < 4.78 is 16.7. The topological polar surface area (TPSA) is 60.0 Å². The van der Waals surface area contributed by atoms with Crippen LogP contribution in [0.3, 0.4) is 0 Å². The van der Waals surface area contributed by atoms with Crippen LogP contribution in [0.5, 0.6) is 17.2 Å². The molecule has 0 aliphatic carbocycles. The van der Waals surface area contributed by atoms with Gasteiger partial charge >= 0.3 is 0 Å². The van der Waals surface area contributed by atoms with Crippen LogP contribution in [0.1, 0.15) is 38.2 Å². The van der Waals surface area contributed by atoms with E-state index in [1.54, 1.807) is 0 Å². The molecule has 0 aromatic heterocycles. The van der Waals surface area contributed by atoms with Crippen LogP contribution in [0.25, 0.3) is 0 Å². The number of benzene rings is 2. The lowest BCUT2D eigenvalue weighted by molar-refractivity contribution is -0.128. The molecule has 6 nitrogen and oxygen atoms in total. The van der Waals surface area contributed by atoms with Gasteiger partial charge in [-0.2, -0.15) is 0 Å². The fraction of sp³-hybridized carbons (Fsp3) is 0.458. The van der Waals surface area contributed by atoms with Crippen LogP contribution in [0.15, 0.2) is 48.5 Å². The summed E-state index contributed by atoms with van der Waals surface area (Å²) in [5, 5.41) is 3.23. The van der Waals surface area contributed by atoms with E-state index in [1.165, 1.54) is 18.4 Å². The van der Waals surface area contributed by atoms with Gasteiger partial charge in [-0.3, -0.25) is 9.69 Å². The van der Waals surface area contributed by atoms with Gasteiger partial charge in [0.1, 0.15) is 5.75 Å². The number of rotatable bonds is 6. The molecule has 2 fully saturated rings. The molecular formula is C24H28N2O4. The van der Waals surface area contributed by atoms with E-state index in [0.717, 1.165) is 36.6 Å². The second-order valence-electron chi connectivity index (χ2n) is 8.49. The minimum absolute atomic E-state index is 0.0347. The minimum atomic E-state index is -0.503. The highest BCUT2D eigenvalue weighted by atomic mass is 16.7. The Morgan fingerprint density at radius 2 is 1.83 bits per heavy atom. The number of amides is 1. The number of hydrogen-bond donors (Lipinski definition) is 1. The third-order valence-corrected chi connectivity index (χ3v) is 6.46. The molecule has 0 saturated carbocycles. The summed E-state index contributed by atoms with van der Waals surface area (Å²) in [5.74, 6) is 2.36. The molecule has 2 saturated heterocycles. The average Bonchev–Trinajstić information content (AvgIpc) is 3.30. The molecule has 1 amide bonds. The molecule has 2 aromatic carbocycles. The number of para-hydroxylation sites is 1. The van der Waals surface area contributed by atoms with Crippen molar-refractivity contribution in [2.45, 2.75) is 63.4 Å². The molecule has 0 radical (unpaired) electrons. The first-order valence-electron chi connectivity index (χ1n) is 10.8. The zero-order valence-electron chi connectivity index (χ0n) is 17.3. The molecule has 3 atom stereocenters. The number of fused-ring (bicyclic) bond motifs is 3. The van der Waals surface area contributed by atoms with Crippen LogP contribution >= 0.6 is 0 Å². The summed E-state index contributed by atoms with van der Waals surface area (Å²) in [4.78, 5) is 15.3. The maximum atomic E-state index is 12.7. The molecule has 5 rings (SSSR count). The first-order chi connectivity index (χ1) is 14.7. The van der Waals surface area contributed by atoms with Crippen LogP contribution in [-0.2, 0) is 11.3 Å². The van der Waals surface area contributed by atoms with Gasteiger partial charge in [0.15, 0.2) is 17.6 Å². The predicted molar refractivity (Wildman–Crippen MR) is 113 cm³/mol. The Balaban J connectivity index is 1.17. The van der Waals surface area contributed by atoms with E-state index in [-0.39, 0.29) is 11.9 Å². The van der Waals surface area contributed by atoms with Gasteiger partial charge in [-0.1, -0.05) is 24.3 Å². The summed E-state index contributed by atoms with van der Waals surface area (Å²) in [6.45, 7) is 3.04. The normalized spacial score (nSPS) is 25.7. The molecule has 0 spiro atoms. The Morgan fingerprint density at radius 3 is 2.60 bits per heavy atom. The van der Waals surface area contributed by atoms with Crippen LogP contribution in [0.2, 0.25) is 0 Å². The lowest BCUT2D eigenvalue weighted by Gasteiger charge is -2.39. The fourth-order valence-corrected chi connectivity index (χ4v) is 4.98. The van der Waals surface area contributed by atoms with Crippen LogP contribution in [0.4, 0.5) is 0 Å². The van der Waals surface area contributed by atoms with Crippen molar-refractivity contribution in [2.75, 3.05) is 6.79 Å². The van der Waals surface area contributed by atoms with E-state index in [4.69, 9.17) is 14.2 Å². The molecular weight excluding hydrogens is 380 g/mol. The quantitative estimate of drug-likeness (QED) is 0.793. The maximum absolute atomic E-state index is 12.7. The predicted octanol–water partition coefficient (Wildman–Crippen LogP) is 3.49. The van der Waals surface area contributed by atoms with Gasteiger partial charge < -0.3 is 19.5 Å². The van der Waals surface area contributed by atoms with Gasteiger partial charge in [0.05, 0.1) is 0 Å². The lowest BCUT2D eigenvalue weighted by Crippen LogP contribution is -2.52. The van der Waals surface area contributed by atoms with Gasteiger partial charge in [0.2, 0.25) is 6.79 Å². The van der Waals surface area contributed by atoms with Crippen molar-refractivity contribution in [1.29, 1.82) is 0 Å². The molecule has 158 valence electrons. The summed E-state index contributed by atoms with van der Waals surface area (Å²) in [6.07, 6.45) is 3.86. The monoisotopic (exact) mass is 408 g/mol. The Kier molecular flexibility index (Phi) is 5.25. The zero-order valence-corrected chi connectivity index (χ0v) is 17.3. The summed E-state index contributed by atoms with van der Waals surface area (Å²) in [7, 11) is 0. The van der Waals surface area contributed by atoms with Crippen LogP contribution < -0.4 is 19.5 Å². The Labute approximate surface area is 177 Å². The van der Waals surface area contributed by atoms with Gasteiger partial charge in [-0.15, -0.1) is 0 Å². The van der Waals surface area contributed by atoms with Crippen LogP contribution in [0, 0.1) is 0 Å². The van der Waals surface area contributed by atoms with E-state index in [2.05, 4.69) is 22.3 Å². The molecule has 3 aliphatic heterocycles. The SMILES string of the molecule is CC(Oc1ccccc1)C(=O)NC1CC2CCC(C1)N2Cc1ccc2c(c1)OCO2. The Morgan fingerprint density at radius 1 is 1.10 bits per heavy atom. The van der Waals surface area contributed by atoms with Gasteiger partial charge in [0.25, 0.3) is 5.91 Å². The molecule has 3 aliphatic rings. The highest BCUT2D eigenvalue weighted by Crippen LogP contribution is 2.38. The number of carbonyl (C=O) groups excluding carboxylic acids is 1. The summed E-state index contributed by atoms with van der Waals surface area (Å²) in [6, 6.07) is 16.9. The lowest BCUT2D eigenvalue weighted by atomic mass is 9.96. The molecule has 6 heteroatoms. The number of ether oxygens (including phenoxy) is 3.